The second kappa shape index (κ2) is 5.31. The van der Waals surface area contributed by atoms with Crippen LogP contribution in [0.4, 0.5) is 4.39 Å². The molecule has 1 N–H and O–H groups in total. The number of nitrogens with one attached hydrogen (secondary N) is 1. The van der Waals surface area contributed by atoms with Crippen molar-refractivity contribution < 1.29 is 4.39 Å². The molecule has 3 nitrogen and oxygen atoms in total. The summed E-state index contributed by atoms with van der Waals surface area (Å²) >= 11 is 0. The van der Waals surface area contributed by atoms with Crippen LogP contribution in [0.5, 0.6) is 0 Å². The molecule has 0 saturated heterocycles. The number of rotatable bonds is 4. The van der Waals surface area contributed by atoms with Gasteiger partial charge in [-0.15, -0.1) is 0 Å². The van der Waals surface area contributed by atoms with E-state index < -0.39 is 0 Å². The zero-order chi connectivity index (χ0) is 13.1. The van der Waals surface area contributed by atoms with Gasteiger partial charge >= 0.3 is 0 Å². The molecule has 1 aromatic heterocycles. The Morgan fingerprint density at radius 2 is 2.22 bits per heavy atom. The highest BCUT2D eigenvalue weighted by Crippen LogP contribution is 2.19. The van der Waals surface area contributed by atoms with E-state index in [9.17, 15) is 4.39 Å². The van der Waals surface area contributed by atoms with Crippen LogP contribution in [0.2, 0.25) is 0 Å². The molecule has 1 aromatic carbocycles. The Kier molecular flexibility index (Phi) is 3.77. The zero-order valence-electron chi connectivity index (χ0n) is 10.9. The van der Waals surface area contributed by atoms with Crippen molar-refractivity contribution in [2.45, 2.75) is 19.4 Å². The molecule has 2 rings (SSSR count). The second-order valence-corrected chi connectivity index (χ2v) is 4.51. The Hall–Kier alpha value is -1.68. The van der Waals surface area contributed by atoms with Gasteiger partial charge in [-0.1, -0.05) is 6.07 Å². The molecular weight excluding hydrogens is 229 g/mol. The van der Waals surface area contributed by atoms with Crippen LogP contribution in [-0.4, -0.2) is 16.6 Å². The molecule has 0 amide bonds. The van der Waals surface area contributed by atoms with Gasteiger partial charge in [-0.05, 0) is 43.7 Å². The lowest BCUT2D eigenvalue weighted by atomic mass is 10.0. The third-order valence-corrected chi connectivity index (χ3v) is 3.25. The van der Waals surface area contributed by atoms with Gasteiger partial charge in [0.05, 0.1) is 6.04 Å². The van der Waals surface area contributed by atoms with E-state index in [2.05, 4.69) is 10.3 Å². The third kappa shape index (κ3) is 2.59. The van der Waals surface area contributed by atoms with Gasteiger partial charge in [-0.25, -0.2) is 9.37 Å². The molecule has 18 heavy (non-hydrogen) atoms. The summed E-state index contributed by atoms with van der Waals surface area (Å²) in [5, 5.41) is 3.23. The number of hydrogen-bond acceptors (Lipinski definition) is 2. The minimum Gasteiger partial charge on any atom is -0.337 e. The number of likely N-dealkylation sites (N-methyl/N-ethyl adjacent to an activating group) is 1. The lowest BCUT2D eigenvalue weighted by molar-refractivity contribution is 0.534. The zero-order valence-corrected chi connectivity index (χ0v) is 10.9. The van der Waals surface area contributed by atoms with E-state index in [1.165, 1.54) is 6.07 Å². The first-order chi connectivity index (χ1) is 8.61. The van der Waals surface area contributed by atoms with E-state index in [1.807, 2.05) is 37.8 Å². The minimum atomic E-state index is -0.190. The molecule has 0 radical (unpaired) electrons. The molecule has 4 heteroatoms. The van der Waals surface area contributed by atoms with E-state index in [1.54, 1.807) is 12.3 Å². The molecule has 1 atom stereocenters. The van der Waals surface area contributed by atoms with Gasteiger partial charge in [0.2, 0.25) is 0 Å². The first-order valence-corrected chi connectivity index (χ1v) is 6.01. The number of aryl methyl sites for hydroxylation is 2. The summed E-state index contributed by atoms with van der Waals surface area (Å²) < 4.78 is 15.3. The van der Waals surface area contributed by atoms with Crippen molar-refractivity contribution in [3.05, 3.63) is 53.4 Å². The number of benzene rings is 1. The first-order valence-electron chi connectivity index (χ1n) is 6.01. The van der Waals surface area contributed by atoms with Crippen LogP contribution in [0.25, 0.3) is 0 Å². The molecule has 96 valence electrons. The summed E-state index contributed by atoms with van der Waals surface area (Å²) in [4.78, 5) is 4.34. The van der Waals surface area contributed by atoms with Crippen molar-refractivity contribution >= 4 is 0 Å². The van der Waals surface area contributed by atoms with Crippen molar-refractivity contribution in [1.82, 2.24) is 14.9 Å². The predicted molar refractivity (Wildman–Crippen MR) is 69.8 cm³/mol. The number of nitrogens with zero attached hydrogens (tertiary/aromatic N) is 2. The van der Waals surface area contributed by atoms with Crippen molar-refractivity contribution in [3.63, 3.8) is 0 Å². The Morgan fingerprint density at radius 1 is 1.44 bits per heavy atom. The summed E-state index contributed by atoms with van der Waals surface area (Å²) in [7, 11) is 3.86. The highest BCUT2D eigenvalue weighted by molar-refractivity contribution is 5.28. The van der Waals surface area contributed by atoms with Crippen molar-refractivity contribution in [3.8, 4) is 0 Å². The van der Waals surface area contributed by atoms with Crippen LogP contribution >= 0.6 is 0 Å². The first kappa shape index (κ1) is 12.8. The van der Waals surface area contributed by atoms with E-state index in [4.69, 9.17) is 0 Å². The fourth-order valence-electron chi connectivity index (χ4n) is 2.12. The molecule has 0 saturated carbocycles. The molecule has 0 spiro atoms. The topological polar surface area (TPSA) is 29.9 Å². The van der Waals surface area contributed by atoms with Gasteiger partial charge in [-0.2, -0.15) is 0 Å². The fourth-order valence-corrected chi connectivity index (χ4v) is 2.12. The average molecular weight is 247 g/mol. The normalized spacial score (nSPS) is 12.7. The summed E-state index contributed by atoms with van der Waals surface area (Å²) in [6.45, 7) is 2.00. The molecule has 0 aliphatic rings. The summed E-state index contributed by atoms with van der Waals surface area (Å²) in [6.07, 6.45) is 4.42. The standard InChI is InChI=1S/C14H18FN3/c1-10-4-5-12(15)8-11(10)9-13(16-2)14-17-6-7-18(14)3/h4-8,13,16H,9H2,1-3H3. The minimum absolute atomic E-state index is 0.0884. The monoisotopic (exact) mass is 247 g/mol. The third-order valence-electron chi connectivity index (χ3n) is 3.25. The van der Waals surface area contributed by atoms with Crippen LogP contribution in [0, 0.1) is 12.7 Å². The Bertz CT molecular complexity index is 534. The van der Waals surface area contributed by atoms with Crippen LogP contribution in [0.3, 0.4) is 0 Å². The highest BCUT2D eigenvalue weighted by atomic mass is 19.1. The van der Waals surface area contributed by atoms with Gasteiger partial charge in [0.15, 0.2) is 0 Å². The Morgan fingerprint density at radius 3 is 2.83 bits per heavy atom. The Balaban J connectivity index is 2.26. The summed E-state index contributed by atoms with van der Waals surface area (Å²) in [6, 6.07) is 5.00. The van der Waals surface area contributed by atoms with Crippen molar-refractivity contribution in [2.24, 2.45) is 7.05 Å². The fraction of sp³-hybridized carbons (Fsp3) is 0.357. The lowest BCUT2D eigenvalue weighted by Gasteiger charge is -2.17. The van der Waals surface area contributed by atoms with Gasteiger partial charge in [0.1, 0.15) is 11.6 Å². The SMILES string of the molecule is CNC(Cc1cc(F)ccc1C)c1nccn1C. The molecule has 0 aliphatic carbocycles. The van der Waals surface area contributed by atoms with E-state index in [0.717, 1.165) is 23.4 Å². The quantitative estimate of drug-likeness (QED) is 0.899. The van der Waals surface area contributed by atoms with Crippen LogP contribution in [0.15, 0.2) is 30.6 Å². The maximum absolute atomic E-state index is 13.3. The van der Waals surface area contributed by atoms with Crippen LogP contribution < -0.4 is 5.32 Å². The molecule has 2 aromatic rings. The molecule has 0 fully saturated rings. The van der Waals surface area contributed by atoms with Gasteiger partial charge in [0.25, 0.3) is 0 Å². The maximum atomic E-state index is 13.3. The summed E-state index contributed by atoms with van der Waals surface area (Å²) in [5.41, 5.74) is 2.11. The predicted octanol–water partition coefficient (Wildman–Crippen LogP) is 2.37. The molecule has 0 aliphatic heterocycles. The van der Waals surface area contributed by atoms with E-state index in [0.29, 0.717) is 0 Å². The maximum Gasteiger partial charge on any atom is 0.125 e. The largest absolute Gasteiger partial charge is 0.337 e. The second-order valence-electron chi connectivity index (χ2n) is 4.51. The lowest BCUT2D eigenvalue weighted by Crippen LogP contribution is -2.22. The molecule has 0 bridgehead atoms. The van der Waals surface area contributed by atoms with E-state index >= 15 is 0 Å². The number of hydrogen-bond donors (Lipinski definition) is 1. The van der Waals surface area contributed by atoms with Crippen molar-refractivity contribution in [2.75, 3.05) is 7.05 Å². The number of imidazole rings is 1. The molecule has 1 unspecified atom stereocenters. The van der Waals surface area contributed by atoms with Crippen LogP contribution in [0.1, 0.15) is 23.0 Å². The summed E-state index contributed by atoms with van der Waals surface area (Å²) in [5.74, 6) is 0.770. The number of aromatic nitrogens is 2. The smallest absolute Gasteiger partial charge is 0.125 e. The highest BCUT2D eigenvalue weighted by Gasteiger charge is 2.15. The van der Waals surface area contributed by atoms with Crippen LogP contribution in [-0.2, 0) is 13.5 Å². The van der Waals surface area contributed by atoms with E-state index in [-0.39, 0.29) is 11.9 Å². The molecular formula is C14H18FN3. The van der Waals surface area contributed by atoms with Crippen molar-refractivity contribution in [1.29, 1.82) is 0 Å². The number of halogens is 1. The van der Waals surface area contributed by atoms with Gasteiger partial charge in [0, 0.05) is 19.4 Å². The average Bonchev–Trinajstić information content (AvgIpc) is 2.77. The van der Waals surface area contributed by atoms with Gasteiger partial charge < -0.3 is 9.88 Å². The Labute approximate surface area is 107 Å². The van der Waals surface area contributed by atoms with Gasteiger partial charge in [-0.3, -0.25) is 0 Å². The molecule has 1 heterocycles.